The number of aromatic nitrogens is 2. The van der Waals surface area contributed by atoms with E-state index in [4.69, 9.17) is 23.2 Å². The third kappa shape index (κ3) is 7.07. The second-order valence-electron chi connectivity index (χ2n) is 6.29. The van der Waals surface area contributed by atoms with E-state index in [1.807, 2.05) is 18.2 Å². The molecule has 154 valence electrons. The van der Waals surface area contributed by atoms with Gasteiger partial charge in [-0.1, -0.05) is 65.7 Å². The summed E-state index contributed by atoms with van der Waals surface area (Å²) in [7, 11) is 0. The topological polar surface area (TPSA) is 41.4 Å². The number of halogens is 4. The Morgan fingerprint density at radius 3 is 2.29 bits per heavy atom. The highest BCUT2D eigenvalue weighted by Gasteiger charge is 2.16. The molecule has 0 bridgehead atoms. The van der Waals surface area contributed by atoms with Crippen molar-refractivity contribution in [2.24, 2.45) is 0 Å². The summed E-state index contributed by atoms with van der Waals surface area (Å²) in [6.45, 7) is 6.24. The number of nitrogens with zero attached hydrogens (tertiary/aromatic N) is 4. The van der Waals surface area contributed by atoms with Crippen LogP contribution in [0.25, 0.3) is 6.08 Å². The molecule has 0 aliphatic carbocycles. The van der Waals surface area contributed by atoms with Gasteiger partial charge in [-0.05, 0) is 5.56 Å². The molecule has 1 saturated heterocycles. The Hall–Kier alpha value is -1.08. The largest absolute Gasteiger partial charge is 0.299 e. The summed E-state index contributed by atoms with van der Waals surface area (Å²) < 4.78 is 1.38. The number of piperazine rings is 1. The van der Waals surface area contributed by atoms with Crippen molar-refractivity contribution in [1.29, 1.82) is 0 Å². The Morgan fingerprint density at radius 1 is 0.964 bits per heavy atom. The molecule has 0 spiro atoms. The lowest BCUT2D eigenvalue weighted by Gasteiger charge is -2.34. The first-order chi connectivity index (χ1) is 12.6. The summed E-state index contributed by atoms with van der Waals surface area (Å²) in [5, 5.41) is 4.29. The molecule has 0 N–H and O–H groups in total. The molecule has 0 saturated carbocycles. The van der Waals surface area contributed by atoms with E-state index in [1.54, 1.807) is 0 Å². The van der Waals surface area contributed by atoms with Crippen LogP contribution in [0.4, 0.5) is 0 Å². The summed E-state index contributed by atoms with van der Waals surface area (Å²) in [6, 6.07) is 10.3. The Kier molecular flexibility index (Phi) is 11.1. The molecule has 1 aliphatic rings. The van der Waals surface area contributed by atoms with Crippen molar-refractivity contribution in [3.63, 3.8) is 0 Å². The predicted molar refractivity (Wildman–Crippen MR) is 121 cm³/mol. The van der Waals surface area contributed by atoms with Gasteiger partial charge in [0.25, 0.3) is 5.56 Å². The second kappa shape index (κ2) is 12.5. The van der Waals surface area contributed by atoms with Crippen LogP contribution < -0.4 is 5.56 Å². The number of benzene rings is 1. The zero-order chi connectivity index (χ0) is 18.4. The Labute approximate surface area is 187 Å². The fourth-order valence-corrected chi connectivity index (χ4v) is 3.21. The second-order valence-corrected chi connectivity index (χ2v) is 7.08. The van der Waals surface area contributed by atoms with Crippen LogP contribution in [0, 0.1) is 0 Å². The van der Waals surface area contributed by atoms with Crippen molar-refractivity contribution in [1.82, 2.24) is 19.6 Å². The maximum atomic E-state index is 12.0. The minimum absolute atomic E-state index is 0. The summed E-state index contributed by atoms with van der Waals surface area (Å²) in [4.78, 5) is 16.8. The van der Waals surface area contributed by atoms with Crippen LogP contribution in [0.5, 0.6) is 0 Å². The van der Waals surface area contributed by atoms with E-state index in [0.29, 0.717) is 6.54 Å². The highest BCUT2D eigenvalue weighted by Crippen LogP contribution is 2.14. The summed E-state index contributed by atoms with van der Waals surface area (Å²) in [6.07, 6.45) is 5.79. The van der Waals surface area contributed by atoms with Gasteiger partial charge in [-0.15, -0.1) is 24.8 Å². The Bertz CT molecular complexity index is 805. The molecule has 5 nitrogen and oxygen atoms in total. The molecule has 1 aromatic heterocycles. The fraction of sp³-hybridized carbons (Fsp3) is 0.368. The zero-order valence-corrected chi connectivity index (χ0v) is 18.5. The van der Waals surface area contributed by atoms with Gasteiger partial charge in [-0.2, -0.15) is 5.10 Å². The number of hydrogen-bond donors (Lipinski definition) is 0. The van der Waals surface area contributed by atoms with Gasteiger partial charge in [0.1, 0.15) is 5.02 Å². The van der Waals surface area contributed by atoms with Crippen molar-refractivity contribution >= 4 is 54.1 Å². The third-order valence-corrected chi connectivity index (χ3v) is 5.26. The van der Waals surface area contributed by atoms with Crippen LogP contribution in [0.15, 0.2) is 47.4 Å². The highest BCUT2D eigenvalue weighted by atomic mass is 35.5. The predicted octanol–water partition coefficient (Wildman–Crippen LogP) is 3.72. The van der Waals surface area contributed by atoms with E-state index in [-0.39, 0.29) is 40.4 Å². The molecule has 0 unspecified atom stereocenters. The molecular weight excluding hydrogens is 442 g/mol. The first-order valence-corrected chi connectivity index (χ1v) is 9.46. The molecule has 0 amide bonds. The first kappa shape index (κ1) is 25.0. The lowest BCUT2D eigenvalue weighted by atomic mass is 10.2. The summed E-state index contributed by atoms with van der Waals surface area (Å²) >= 11 is 11.7. The molecule has 3 rings (SSSR count). The average molecular weight is 466 g/mol. The average Bonchev–Trinajstić information content (AvgIpc) is 2.67. The molecule has 2 aromatic rings. The van der Waals surface area contributed by atoms with E-state index in [1.165, 1.54) is 16.4 Å². The normalized spacial score (nSPS) is 15.2. The minimum atomic E-state index is -0.330. The van der Waals surface area contributed by atoms with Crippen molar-refractivity contribution in [2.45, 2.75) is 6.54 Å². The van der Waals surface area contributed by atoms with Gasteiger partial charge < -0.3 is 0 Å². The van der Waals surface area contributed by atoms with E-state index < -0.39 is 0 Å². The Balaban J connectivity index is 0.00000196. The van der Waals surface area contributed by atoms with Gasteiger partial charge in [0.15, 0.2) is 0 Å². The van der Waals surface area contributed by atoms with E-state index in [2.05, 4.69) is 39.2 Å². The van der Waals surface area contributed by atoms with Gasteiger partial charge in [-0.25, -0.2) is 4.68 Å². The standard InChI is InChI=1S/C19H22Cl2N4O.2ClH/c20-17-15-22-25(19(26)18(17)21)14-13-24-11-9-23(10-12-24)8-4-7-16-5-2-1-3-6-16;;/h1-7,15H,8-14H2;2*1H. The summed E-state index contributed by atoms with van der Waals surface area (Å²) in [5.41, 5.74) is 0.898. The van der Waals surface area contributed by atoms with Crippen LogP contribution in [0.2, 0.25) is 10.0 Å². The van der Waals surface area contributed by atoms with Gasteiger partial charge in [0, 0.05) is 39.3 Å². The zero-order valence-electron chi connectivity index (χ0n) is 15.3. The van der Waals surface area contributed by atoms with Gasteiger partial charge in [0.05, 0.1) is 17.8 Å². The Morgan fingerprint density at radius 2 is 1.61 bits per heavy atom. The molecule has 1 aliphatic heterocycles. The van der Waals surface area contributed by atoms with Crippen molar-refractivity contribution in [3.8, 4) is 0 Å². The molecule has 1 fully saturated rings. The van der Waals surface area contributed by atoms with Crippen LogP contribution in [0.1, 0.15) is 5.56 Å². The SMILES string of the molecule is Cl.Cl.O=c1c(Cl)c(Cl)cnn1CCN1CCN(CC=Cc2ccccc2)CC1. The van der Waals surface area contributed by atoms with Crippen molar-refractivity contribution in [2.75, 3.05) is 39.3 Å². The molecule has 9 heteroatoms. The third-order valence-electron chi connectivity index (χ3n) is 4.51. The van der Waals surface area contributed by atoms with Crippen LogP contribution in [-0.2, 0) is 6.54 Å². The number of hydrogen-bond acceptors (Lipinski definition) is 4. The highest BCUT2D eigenvalue weighted by molar-refractivity contribution is 6.41. The van der Waals surface area contributed by atoms with Gasteiger partial charge in [0.2, 0.25) is 0 Å². The van der Waals surface area contributed by atoms with E-state index in [9.17, 15) is 4.79 Å². The van der Waals surface area contributed by atoms with E-state index >= 15 is 0 Å². The first-order valence-electron chi connectivity index (χ1n) is 8.71. The molecule has 2 heterocycles. The maximum absolute atomic E-state index is 12.0. The molecule has 28 heavy (non-hydrogen) atoms. The van der Waals surface area contributed by atoms with Crippen molar-refractivity contribution < 1.29 is 0 Å². The minimum Gasteiger partial charge on any atom is -0.299 e. The molecule has 0 radical (unpaired) electrons. The monoisotopic (exact) mass is 464 g/mol. The van der Waals surface area contributed by atoms with Gasteiger partial charge in [-0.3, -0.25) is 14.6 Å². The van der Waals surface area contributed by atoms with Gasteiger partial charge >= 0.3 is 0 Å². The van der Waals surface area contributed by atoms with Crippen LogP contribution >= 0.6 is 48.0 Å². The molecular formula is C19H24Cl4N4O. The maximum Gasteiger partial charge on any atom is 0.287 e. The molecule has 0 atom stereocenters. The van der Waals surface area contributed by atoms with Crippen LogP contribution in [0.3, 0.4) is 0 Å². The number of rotatable bonds is 6. The molecule has 1 aromatic carbocycles. The summed E-state index contributed by atoms with van der Waals surface area (Å²) in [5.74, 6) is 0. The van der Waals surface area contributed by atoms with Crippen molar-refractivity contribution in [3.05, 3.63) is 68.6 Å². The van der Waals surface area contributed by atoms with E-state index in [0.717, 1.165) is 39.3 Å². The fourth-order valence-electron chi connectivity index (χ4n) is 2.94. The lowest BCUT2D eigenvalue weighted by molar-refractivity contribution is 0.137. The van der Waals surface area contributed by atoms with Crippen LogP contribution in [-0.4, -0.2) is 58.8 Å². The quantitative estimate of drug-likeness (QED) is 0.651. The lowest BCUT2D eigenvalue weighted by Crippen LogP contribution is -2.47. The smallest absolute Gasteiger partial charge is 0.287 e.